The van der Waals surface area contributed by atoms with Crippen LogP contribution in [0.4, 0.5) is 13.2 Å². The van der Waals surface area contributed by atoms with Crippen LogP contribution in [0.15, 0.2) is 53.3 Å². The van der Waals surface area contributed by atoms with Gasteiger partial charge < -0.3 is 5.11 Å². The molecule has 0 amide bonds. The van der Waals surface area contributed by atoms with E-state index in [9.17, 15) is 27.9 Å². The molecule has 2 aromatic carbocycles. The minimum absolute atomic E-state index is 0.00521. The van der Waals surface area contributed by atoms with Gasteiger partial charge in [0, 0.05) is 6.04 Å². The third-order valence-electron chi connectivity index (χ3n) is 6.11. The van der Waals surface area contributed by atoms with Crippen LogP contribution >= 0.6 is 0 Å². The maximum Gasteiger partial charge on any atom is 0.433 e. The molecule has 1 atom stereocenters. The van der Waals surface area contributed by atoms with Crippen LogP contribution in [0.1, 0.15) is 73.4 Å². The van der Waals surface area contributed by atoms with Gasteiger partial charge in [0.15, 0.2) is 0 Å². The van der Waals surface area contributed by atoms with Gasteiger partial charge >= 0.3 is 17.8 Å². The highest BCUT2D eigenvalue weighted by atomic mass is 19.4. The Labute approximate surface area is 196 Å². The third-order valence-corrected chi connectivity index (χ3v) is 6.11. The molecule has 0 aliphatic carbocycles. The average Bonchev–Trinajstić information content (AvgIpc) is 3.09. The summed E-state index contributed by atoms with van der Waals surface area (Å²) in [7, 11) is 0. The SMILES string of the molecule is CCCCc1c(C(F)(F)F)n(C(C)CC)c(=O)n1Cc1ccc(-c2ccccc2C(=O)O)cc1. The fourth-order valence-corrected chi connectivity index (χ4v) is 4.15. The lowest BCUT2D eigenvalue weighted by Crippen LogP contribution is -2.29. The topological polar surface area (TPSA) is 64.2 Å². The number of unbranched alkanes of at least 4 members (excludes halogenated alkanes) is 1. The first-order chi connectivity index (χ1) is 16.1. The van der Waals surface area contributed by atoms with Gasteiger partial charge in [-0.25, -0.2) is 9.59 Å². The van der Waals surface area contributed by atoms with Crippen molar-refractivity contribution in [3.05, 3.63) is 81.5 Å². The third kappa shape index (κ3) is 5.11. The number of carboxylic acids is 1. The van der Waals surface area contributed by atoms with Gasteiger partial charge in [0.2, 0.25) is 0 Å². The van der Waals surface area contributed by atoms with Crippen molar-refractivity contribution in [1.82, 2.24) is 9.13 Å². The normalized spacial score (nSPS) is 12.6. The van der Waals surface area contributed by atoms with E-state index in [1.54, 1.807) is 56.3 Å². The lowest BCUT2D eigenvalue weighted by Gasteiger charge is -2.17. The summed E-state index contributed by atoms with van der Waals surface area (Å²) in [6.07, 6.45) is -2.83. The molecule has 3 rings (SSSR count). The molecule has 3 aromatic rings. The van der Waals surface area contributed by atoms with E-state index in [1.165, 1.54) is 10.6 Å². The number of carboxylic acid groups (broad SMARTS) is 1. The zero-order chi connectivity index (χ0) is 25.0. The Morgan fingerprint density at radius 3 is 2.26 bits per heavy atom. The molecule has 0 radical (unpaired) electrons. The molecule has 0 aliphatic rings. The van der Waals surface area contributed by atoms with Crippen LogP contribution in [0.3, 0.4) is 0 Å². The van der Waals surface area contributed by atoms with Crippen LogP contribution in [0.5, 0.6) is 0 Å². The number of carbonyl (C=O) groups is 1. The highest BCUT2D eigenvalue weighted by Crippen LogP contribution is 2.35. The largest absolute Gasteiger partial charge is 0.478 e. The highest BCUT2D eigenvalue weighted by Gasteiger charge is 2.41. The minimum Gasteiger partial charge on any atom is -0.478 e. The standard InChI is InChI=1S/C26H29F3N2O3/c1-4-6-11-22-23(26(27,28)29)31(17(3)5-2)25(34)30(22)16-18-12-14-19(15-13-18)20-9-7-8-10-21(20)24(32)33/h7-10,12-15,17H,4-6,11,16H2,1-3H3,(H,32,33). The van der Waals surface area contributed by atoms with E-state index in [0.29, 0.717) is 36.0 Å². The first kappa shape index (κ1) is 25.3. The summed E-state index contributed by atoms with van der Waals surface area (Å²) in [5.41, 5.74) is 0.540. The summed E-state index contributed by atoms with van der Waals surface area (Å²) in [4.78, 5) is 24.7. The summed E-state index contributed by atoms with van der Waals surface area (Å²) in [6.45, 7) is 5.29. The molecule has 0 saturated heterocycles. The van der Waals surface area contributed by atoms with Crippen LogP contribution in [0, 0.1) is 0 Å². The van der Waals surface area contributed by atoms with Gasteiger partial charge in [-0.1, -0.05) is 62.7 Å². The molecule has 8 heteroatoms. The van der Waals surface area contributed by atoms with Gasteiger partial charge in [-0.2, -0.15) is 13.2 Å². The lowest BCUT2D eigenvalue weighted by molar-refractivity contribution is -0.145. The van der Waals surface area contributed by atoms with Gasteiger partial charge in [-0.05, 0) is 48.9 Å². The molecule has 182 valence electrons. The van der Waals surface area contributed by atoms with Crippen molar-refractivity contribution in [2.75, 3.05) is 0 Å². The molecular weight excluding hydrogens is 445 g/mol. The minimum atomic E-state index is -4.64. The van der Waals surface area contributed by atoms with Crippen LogP contribution in [0.25, 0.3) is 11.1 Å². The van der Waals surface area contributed by atoms with E-state index in [2.05, 4.69) is 0 Å². The summed E-state index contributed by atoms with van der Waals surface area (Å²) in [5.74, 6) is -1.04. The molecule has 0 bridgehead atoms. The Morgan fingerprint density at radius 1 is 1.06 bits per heavy atom. The quantitative estimate of drug-likeness (QED) is 0.391. The Balaban J connectivity index is 2.06. The van der Waals surface area contributed by atoms with Gasteiger partial charge in [-0.15, -0.1) is 0 Å². The summed E-state index contributed by atoms with van der Waals surface area (Å²) >= 11 is 0. The number of benzene rings is 2. The summed E-state index contributed by atoms with van der Waals surface area (Å²) in [5, 5.41) is 9.44. The maximum absolute atomic E-state index is 14.1. The van der Waals surface area contributed by atoms with Crippen LogP contribution in [-0.2, 0) is 19.1 Å². The number of alkyl halides is 3. The van der Waals surface area contributed by atoms with Crippen molar-refractivity contribution >= 4 is 5.97 Å². The number of hydrogen-bond donors (Lipinski definition) is 1. The number of aromatic nitrogens is 2. The molecule has 0 fully saturated rings. The van der Waals surface area contributed by atoms with E-state index in [0.717, 1.165) is 4.57 Å². The van der Waals surface area contributed by atoms with Crippen molar-refractivity contribution in [1.29, 1.82) is 0 Å². The molecule has 34 heavy (non-hydrogen) atoms. The van der Waals surface area contributed by atoms with Crippen LogP contribution < -0.4 is 5.69 Å². The predicted molar refractivity (Wildman–Crippen MR) is 125 cm³/mol. The zero-order valence-electron chi connectivity index (χ0n) is 19.5. The predicted octanol–water partition coefficient (Wildman–Crippen LogP) is 6.40. The Hall–Kier alpha value is -3.29. The number of rotatable bonds is 9. The van der Waals surface area contributed by atoms with E-state index in [1.807, 2.05) is 6.92 Å². The molecule has 1 N–H and O–H groups in total. The maximum atomic E-state index is 14.1. The first-order valence-corrected chi connectivity index (χ1v) is 11.4. The fourth-order valence-electron chi connectivity index (χ4n) is 4.15. The number of aromatic carboxylic acids is 1. The van der Waals surface area contributed by atoms with Crippen molar-refractivity contribution in [2.24, 2.45) is 0 Å². The second kappa shape index (κ2) is 10.3. The summed E-state index contributed by atoms with van der Waals surface area (Å²) < 4.78 is 44.4. The van der Waals surface area contributed by atoms with Gasteiger partial charge in [0.25, 0.3) is 0 Å². The smallest absolute Gasteiger partial charge is 0.433 e. The van der Waals surface area contributed by atoms with E-state index >= 15 is 0 Å². The van der Waals surface area contributed by atoms with E-state index in [4.69, 9.17) is 0 Å². The second-order valence-corrected chi connectivity index (χ2v) is 8.44. The second-order valence-electron chi connectivity index (χ2n) is 8.44. The summed E-state index contributed by atoms with van der Waals surface area (Å²) in [6, 6.07) is 12.9. The number of hydrogen-bond acceptors (Lipinski definition) is 2. The van der Waals surface area contributed by atoms with Gasteiger partial charge in [0.1, 0.15) is 5.69 Å². The molecule has 1 aromatic heterocycles. The van der Waals surface area contributed by atoms with Crippen molar-refractivity contribution in [3.8, 4) is 11.1 Å². The zero-order valence-corrected chi connectivity index (χ0v) is 19.5. The number of nitrogens with zero attached hydrogens (tertiary/aromatic N) is 2. The van der Waals surface area contributed by atoms with Crippen LogP contribution in [-0.4, -0.2) is 20.2 Å². The highest BCUT2D eigenvalue weighted by molar-refractivity contribution is 5.95. The molecule has 0 spiro atoms. The molecule has 0 aliphatic heterocycles. The van der Waals surface area contributed by atoms with Gasteiger partial charge in [0.05, 0.1) is 17.8 Å². The molecular formula is C26H29F3N2O3. The Morgan fingerprint density at radius 2 is 1.71 bits per heavy atom. The molecule has 0 saturated carbocycles. The van der Waals surface area contributed by atoms with Crippen molar-refractivity contribution in [3.63, 3.8) is 0 Å². The van der Waals surface area contributed by atoms with Crippen molar-refractivity contribution in [2.45, 2.75) is 65.2 Å². The molecule has 1 unspecified atom stereocenters. The number of imidazole rings is 1. The molecule has 1 heterocycles. The van der Waals surface area contributed by atoms with E-state index < -0.39 is 29.6 Å². The molecule has 5 nitrogen and oxygen atoms in total. The number of halogens is 3. The average molecular weight is 475 g/mol. The van der Waals surface area contributed by atoms with Crippen LogP contribution in [0.2, 0.25) is 0 Å². The monoisotopic (exact) mass is 474 g/mol. The van der Waals surface area contributed by atoms with Crippen molar-refractivity contribution < 1.29 is 23.1 Å². The lowest BCUT2D eigenvalue weighted by atomic mass is 9.98. The Bertz CT molecular complexity index is 1210. The fraction of sp³-hybridized carbons (Fsp3) is 0.385. The Kier molecular flexibility index (Phi) is 7.69. The van der Waals surface area contributed by atoms with E-state index in [-0.39, 0.29) is 24.2 Å². The van der Waals surface area contributed by atoms with Gasteiger partial charge in [-0.3, -0.25) is 9.13 Å². The first-order valence-electron chi connectivity index (χ1n) is 11.4.